The molecule has 0 atom stereocenters. The van der Waals surface area contributed by atoms with E-state index < -0.39 is 24.3 Å². The zero-order chi connectivity index (χ0) is 24.5. The highest BCUT2D eigenvalue weighted by atomic mass is 19.3. The summed E-state index contributed by atoms with van der Waals surface area (Å²) in [4.78, 5) is 35.3. The minimum atomic E-state index is -3.55. The average molecular weight is 475 g/mol. The SMILES string of the molecule is CCOc1cc(C(=O)O)ccc1Nc1ncc2c(n1)N(C1CCCC1)CC(F)(F)C(=O)N2CC. The highest BCUT2D eigenvalue weighted by Gasteiger charge is 2.49. The lowest BCUT2D eigenvalue weighted by atomic mass is 10.2. The van der Waals surface area contributed by atoms with Gasteiger partial charge in [0.05, 0.1) is 30.6 Å². The number of carbonyl (C=O) groups excluding carboxylic acids is 1. The number of hydrogen-bond donors (Lipinski definition) is 2. The van der Waals surface area contributed by atoms with Gasteiger partial charge in [0.2, 0.25) is 5.95 Å². The van der Waals surface area contributed by atoms with Crippen LogP contribution in [0.2, 0.25) is 0 Å². The molecule has 1 fully saturated rings. The van der Waals surface area contributed by atoms with Gasteiger partial charge in [0.25, 0.3) is 5.91 Å². The molecule has 1 aromatic heterocycles. The molecule has 2 N–H and O–H groups in total. The molecule has 0 bridgehead atoms. The first-order chi connectivity index (χ1) is 16.2. The van der Waals surface area contributed by atoms with Crippen LogP contribution in [-0.4, -0.2) is 58.6 Å². The number of fused-ring (bicyclic) bond motifs is 1. The van der Waals surface area contributed by atoms with Crippen molar-refractivity contribution < 1.29 is 28.2 Å². The van der Waals surface area contributed by atoms with Gasteiger partial charge in [-0.2, -0.15) is 13.8 Å². The van der Waals surface area contributed by atoms with Gasteiger partial charge in [-0.3, -0.25) is 4.79 Å². The van der Waals surface area contributed by atoms with Gasteiger partial charge >= 0.3 is 11.9 Å². The fourth-order valence-electron chi connectivity index (χ4n) is 4.48. The molecular formula is C23H27F2N5O4. The molecule has 1 aliphatic carbocycles. The monoisotopic (exact) mass is 475 g/mol. The van der Waals surface area contributed by atoms with Crippen molar-refractivity contribution in [3.8, 4) is 5.75 Å². The summed E-state index contributed by atoms with van der Waals surface area (Å²) in [5.41, 5.74) is 0.735. The number of carboxylic acid groups (broad SMARTS) is 1. The van der Waals surface area contributed by atoms with Crippen LogP contribution in [0.4, 0.5) is 31.9 Å². The van der Waals surface area contributed by atoms with Gasteiger partial charge in [-0.1, -0.05) is 12.8 Å². The molecule has 1 amide bonds. The maximum Gasteiger partial charge on any atom is 0.342 e. The van der Waals surface area contributed by atoms with Gasteiger partial charge in [-0.15, -0.1) is 0 Å². The topological polar surface area (TPSA) is 108 Å². The number of benzene rings is 1. The van der Waals surface area contributed by atoms with Crippen LogP contribution in [0.1, 0.15) is 49.9 Å². The summed E-state index contributed by atoms with van der Waals surface area (Å²) in [5.74, 6) is -5.21. The number of anilines is 4. The van der Waals surface area contributed by atoms with Gasteiger partial charge in [-0.05, 0) is 44.9 Å². The Balaban J connectivity index is 1.76. The van der Waals surface area contributed by atoms with Gasteiger partial charge in [0.15, 0.2) is 5.82 Å². The Bertz CT molecular complexity index is 1090. The average Bonchev–Trinajstić information content (AvgIpc) is 3.32. The third-order valence-corrected chi connectivity index (χ3v) is 6.10. The molecule has 2 aliphatic rings. The predicted octanol–water partition coefficient (Wildman–Crippen LogP) is 4.07. The summed E-state index contributed by atoms with van der Waals surface area (Å²) < 4.78 is 35.3. The lowest BCUT2D eigenvalue weighted by Gasteiger charge is -2.31. The third-order valence-electron chi connectivity index (χ3n) is 6.10. The Hall–Kier alpha value is -3.50. The van der Waals surface area contributed by atoms with E-state index in [0.717, 1.165) is 30.6 Å². The van der Waals surface area contributed by atoms with E-state index in [9.17, 15) is 23.5 Å². The van der Waals surface area contributed by atoms with E-state index in [0.29, 0.717) is 18.0 Å². The Labute approximate surface area is 195 Å². The summed E-state index contributed by atoms with van der Waals surface area (Å²) in [6, 6.07) is 4.19. The van der Waals surface area contributed by atoms with Gasteiger partial charge in [-0.25, -0.2) is 9.78 Å². The third kappa shape index (κ3) is 4.46. The molecule has 2 aromatic rings. The first-order valence-electron chi connectivity index (χ1n) is 11.4. The Kier molecular flexibility index (Phi) is 6.54. The summed E-state index contributed by atoms with van der Waals surface area (Å²) in [6.45, 7) is 3.02. The molecule has 182 valence electrons. The van der Waals surface area contributed by atoms with Crippen LogP contribution in [0.3, 0.4) is 0 Å². The van der Waals surface area contributed by atoms with Crippen LogP contribution < -0.4 is 19.9 Å². The van der Waals surface area contributed by atoms with Gasteiger partial charge < -0.3 is 25.0 Å². The minimum absolute atomic E-state index is 0.0567. The molecule has 4 rings (SSSR count). The molecule has 1 aromatic carbocycles. The van der Waals surface area contributed by atoms with E-state index in [4.69, 9.17) is 4.74 Å². The summed E-state index contributed by atoms with van der Waals surface area (Å²) in [5, 5.41) is 12.3. The predicted molar refractivity (Wildman–Crippen MR) is 122 cm³/mol. The van der Waals surface area contributed by atoms with E-state index in [1.165, 1.54) is 24.4 Å². The highest BCUT2D eigenvalue weighted by molar-refractivity contribution is 6.02. The smallest absolute Gasteiger partial charge is 0.342 e. The second-order valence-electron chi connectivity index (χ2n) is 8.30. The lowest BCUT2D eigenvalue weighted by Crippen LogP contribution is -2.49. The fourth-order valence-corrected chi connectivity index (χ4v) is 4.48. The molecule has 2 heterocycles. The van der Waals surface area contributed by atoms with E-state index >= 15 is 0 Å². The molecule has 0 radical (unpaired) electrons. The van der Waals surface area contributed by atoms with Crippen LogP contribution in [-0.2, 0) is 4.79 Å². The van der Waals surface area contributed by atoms with Crippen LogP contribution in [0.25, 0.3) is 0 Å². The van der Waals surface area contributed by atoms with Crippen molar-refractivity contribution in [3.63, 3.8) is 0 Å². The maximum absolute atomic E-state index is 14.9. The first kappa shape index (κ1) is 23.7. The molecular weight excluding hydrogens is 448 g/mol. The second-order valence-corrected chi connectivity index (χ2v) is 8.30. The van der Waals surface area contributed by atoms with Crippen molar-refractivity contribution >= 4 is 35.0 Å². The number of carbonyl (C=O) groups is 2. The number of halogens is 2. The summed E-state index contributed by atoms with van der Waals surface area (Å²) >= 11 is 0. The van der Waals surface area contributed by atoms with Crippen molar-refractivity contribution in [1.82, 2.24) is 9.97 Å². The molecule has 11 heteroatoms. The largest absolute Gasteiger partial charge is 0.492 e. The minimum Gasteiger partial charge on any atom is -0.492 e. The normalized spacial score (nSPS) is 17.9. The number of hydrogen-bond acceptors (Lipinski definition) is 7. The molecule has 0 saturated heterocycles. The Morgan fingerprint density at radius 1 is 1.29 bits per heavy atom. The number of amides is 1. The zero-order valence-electron chi connectivity index (χ0n) is 19.1. The van der Waals surface area contributed by atoms with E-state index in [1.54, 1.807) is 18.7 Å². The van der Waals surface area contributed by atoms with E-state index in [2.05, 4.69) is 15.3 Å². The Morgan fingerprint density at radius 3 is 2.68 bits per heavy atom. The Morgan fingerprint density at radius 2 is 2.03 bits per heavy atom. The van der Waals surface area contributed by atoms with Crippen molar-refractivity contribution in [2.24, 2.45) is 0 Å². The van der Waals surface area contributed by atoms with Gasteiger partial charge in [0, 0.05) is 12.6 Å². The lowest BCUT2D eigenvalue weighted by molar-refractivity contribution is -0.140. The fraction of sp³-hybridized carbons (Fsp3) is 0.478. The molecule has 0 unspecified atom stereocenters. The summed E-state index contributed by atoms with van der Waals surface area (Å²) in [7, 11) is 0. The number of aromatic nitrogens is 2. The zero-order valence-corrected chi connectivity index (χ0v) is 19.1. The quantitative estimate of drug-likeness (QED) is 0.617. The number of alkyl halides is 2. The van der Waals surface area contributed by atoms with E-state index in [-0.39, 0.29) is 35.6 Å². The van der Waals surface area contributed by atoms with Crippen molar-refractivity contribution in [2.75, 3.05) is 34.8 Å². The number of aromatic carboxylic acids is 1. The molecule has 1 saturated carbocycles. The number of ether oxygens (including phenoxy) is 1. The molecule has 9 nitrogen and oxygen atoms in total. The number of nitrogens with one attached hydrogen (secondary N) is 1. The molecule has 34 heavy (non-hydrogen) atoms. The van der Waals surface area contributed by atoms with Crippen LogP contribution in [0.15, 0.2) is 24.4 Å². The highest BCUT2D eigenvalue weighted by Crippen LogP contribution is 2.40. The van der Waals surface area contributed by atoms with Crippen LogP contribution >= 0.6 is 0 Å². The van der Waals surface area contributed by atoms with Gasteiger partial charge in [0.1, 0.15) is 11.4 Å². The maximum atomic E-state index is 14.9. The van der Waals surface area contributed by atoms with Crippen molar-refractivity contribution in [3.05, 3.63) is 30.0 Å². The second kappa shape index (κ2) is 9.40. The number of nitrogens with zero attached hydrogens (tertiary/aromatic N) is 4. The summed E-state index contributed by atoms with van der Waals surface area (Å²) in [6.07, 6.45) is 4.72. The van der Waals surface area contributed by atoms with Crippen LogP contribution in [0, 0.1) is 0 Å². The van der Waals surface area contributed by atoms with Crippen molar-refractivity contribution in [1.29, 1.82) is 0 Å². The number of carboxylic acids is 1. The molecule has 0 spiro atoms. The van der Waals surface area contributed by atoms with Crippen LogP contribution in [0.5, 0.6) is 5.75 Å². The van der Waals surface area contributed by atoms with Crippen molar-refractivity contribution in [2.45, 2.75) is 51.5 Å². The number of rotatable bonds is 7. The molecule has 1 aliphatic heterocycles. The first-order valence-corrected chi connectivity index (χ1v) is 11.4. The van der Waals surface area contributed by atoms with E-state index in [1.807, 2.05) is 0 Å². The standard InChI is InChI=1S/C23H27F2N5O4/c1-3-29-17-12-26-22(27-16-10-9-14(20(31)32)11-18(16)34-4-2)28-19(17)30(15-7-5-6-8-15)13-23(24,25)21(29)33/h9-12,15H,3-8,13H2,1-2H3,(H,31,32)(H,26,27,28).